The minimum atomic E-state index is -1.79. The number of rotatable bonds is 9. The van der Waals surface area contributed by atoms with E-state index in [4.69, 9.17) is 9.47 Å². The van der Waals surface area contributed by atoms with Gasteiger partial charge in [0.15, 0.2) is 11.9 Å². The number of hydrogen-bond acceptors (Lipinski definition) is 12. The van der Waals surface area contributed by atoms with Gasteiger partial charge in [-0.3, -0.25) is 47.9 Å². The Balaban J connectivity index is 2.69. The second kappa shape index (κ2) is 26.8. The zero-order chi connectivity index (χ0) is 53.5. The minimum Gasteiger partial charge on any atom is -0.497 e. The van der Waals surface area contributed by atoms with E-state index in [0.717, 1.165) is 0 Å². The quantitative estimate of drug-likeness (QED) is 0.175. The first-order chi connectivity index (χ1) is 32.6. The van der Waals surface area contributed by atoms with E-state index in [0.29, 0.717) is 24.2 Å². The number of amides is 8. The van der Waals surface area contributed by atoms with Gasteiger partial charge in [0.2, 0.25) is 41.4 Å². The molecule has 0 bridgehead atoms. The van der Waals surface area contributed by atoms with Crippen molar-refractivity contribution in [1.82, 2.24) is 41.3 Å². The molecule has 0 radical (unpaired) electrons. The van der Waals surface area contributed by atoms with Gasteiger partial charge in [0.1, 0.15) is 35.3 Å². The molecule has 20 heteroatoms. The SMILES string of the molecule is CC[C@@H](C)[C@H]1C(=O)NCC(=O)N(C)[C@@H](C(C)C)C(=O)N(C)[C@@H](Cc2ccc(OC)cc2)C(=O)N[C@@H](C)C(=O)C(C)(C)C(=O)N[C@H](C)C(=O)N[C@@H](CC)[C@@H](C)C(=O)O[C@@H]([C@@H](C)CC)C(=O)NCC(=O)N1C. The molecule has 1 saturated heterocycles. The van der Waals surface area contributed by atoms with Crippen LogP contribution >= 0.6 is 0 Å². The average molecular weight is 985 g/mol. The standard InChI is InChI=1S/C50H80N8O12/c1-17-28(6)40-45(64)51-25-37(59)57(14)39(27(4)5)47(66)56(13)36(24-33-20-22-34(69-16)23-21-33)44(63)53-31(9)42(61)50(11,12)49(68)54-32(10)43(62)55-35(19-3)30(8)48(67)70-41(29(7)18-2)46(65)52-26-38(60)58(40)15/h20-23,27-32,35-36,39-41H,17-19,24-26H2,1-16H3,(H,51,64)(H,52,65)(H,53,63)(H,54,68)(H,55,62)/t28-,29+,30-,31+,32-,35+,36+,39+,40+,41+/m1/s1. The maximum absolute atomic E-state index is 14.6. The summed E-state index contributed by atoms with van der Waals surface area (Å²) < 4.78 is 11.0. The fourth-order valence-corrected chi connectivity index (χ4v) is 8.18. The molecule has 70 heavy (non-hydrogen) atoms. The molecule has 20 nitrogen and oxygen atoms in total. The molecule has 0 aliphatic carbocycles. The summed E-state index contributed by atoms with van der Waals surface area (Å²) in [6.45, 7) is 18.2. The van der Waals surface area contributed by atoms with Crippen molar-refractivity contribution in [1.29, 1.82) is 0 Å². The average Bonchev–Trinajstić information content (AvgIpc) is 3.32. The van der Waals surface area contributed by atoms with Gasteiger partial charge in [-0.1, -0.05) is 67.0 Å². The van der Waals surface area contributed by atoms with E-state index < -0.39 is 144 Å². The van der Waals surface area contributed by atoms with Crippen molar-refractivity contribution in [3.8, 4) is 5.75 Å². The third-order valence-electron chi connectivity index (χ3n) is 13.6. The molecular formula is C50H80N8O12. The zero-order valence-corrected chi connectivity index (χ0v) is 44.1. The predicted molar refractivity (Wildman–Crippen MR) is 261 cm³/mol. The van der Waals surface area contributed by atoms with Crippen LogP contribution in [0.25, 0.3) is 0 Å². The lowest BCUT2D eigenvalue weighted by atomic mass is 9.83. The fraction of sp³-hybridized carbons (Fsp3) is 0.680. The molecular weight excluding hydrogens is 905 g/mol. The third kappa shape index (κ3) is 15.5. The van der Waals surface area contributed by atoms with Gasteiger partial charge in [0.05, 0.1) is 32.2 Å². The number of ether oxygens (including phenoxy) is 2. The monoisotopic (exact) mass is 985 g/mol. The first kappa shape index (κ1) is 60.0. The highest BCUT2D eigenvalue weighted by molar-refractivity contribution is 6.09. The van der Waals surface area contributed by atoms with Crippen molar-refractivity contribution < 1.29 is 57.4 Å². The van der Waals surface area contributed by atoms with Gasteiger partial charge >= 0.3 is 5.97 Å². The molecule has 8 amide bonds. The number of carbonyl (C=O) groups is 10. The molecule has 1 aliphatic heterocycles. The normalized spacial score (nSPS) is 27.1. The van der Waals surface area contributed by atoms with Crippen LogP contribution in [0.3, 0.4) is 0 Å². The summed E-state index contributed by atoms with van der Waals surface area (Å²) in [6.07, 6.45) is -0.234. The van der Waals surface area contributed by atoms with E-state index >= 15 is 0 Å². The Labute approximate surface area is 413 Å². The van der Waals surface area contributed by atoms with Gasteiger partial charge in [-0.15, -0.1) is 0 Å². The van der Waals surface area contributed by atoms with Crippen molar-refractivity contribution in [2.24, 2.45) is 29.1 Å². The number of esters is 1. The van der Waals surface area contributed by atoms with E-state index in [1.165, 1.54) is 77.6 Å². The Bertz CT molecular complexity index is 2040. The summed E-state index contributed by atoms with van der Waals surface area (Å²) in [5.41, 5.74) is -1.16. The number of cyclic esters (lactones) is 1. The Hall–Kier alpha value is -6.08. The Kier molecular flexibility index (Phi) is 23.0. The molecule has 0 saturated carbocycles. The van der Waals surface area contributed by atoms with Crippen molar-refractivity contribution >= 4 is 59.0 Å². The maximum Gasteiger partial charge on any atom is 0.311 e. The summed E-state index contributed by atoms with van der Waals surface area (Å²) in [7, 11) is 5.72. The van der Waals surface area contributed by atoms with Crippen molar-refractivity contribution in [2.45, 2.75) is 151 Å². The first-order valence-electron chi connectivity index (χ1n) is 24.2. The van der Waals surface area contributed by atoms with Gasteiger partial charge in [-0.25, -0.2) is 0 Å². The third-order valence-corrected chi connectivity index (χ3v) is 13.6. The summed E-state index contributed by atoms with van der Waals surface area (Å²) >= 11 is 0. The number of methoxy groups -OCH3 is 1. The molecule has 0 aromatic heterocycles. The van der Waals surface area contributed by atoms with Gasteiger partial charge in [0.25, 0.3) is 5.91 Å². The molecule has 1 fully saturated rings. The van der Waals surface area contributed by atoms with Gasteiger partial charge in [-0.05, 0) is 77.0 Å². The lowest BCUT2D eigenvalue weighted by Crippen LogP contribution is -2.60. The minimum absolute atomic E-state index is 0.0333. The molecule has 1 aromatic rings. The molecule has 0 unspecified atom stereocenters. The van der Waals surface area contributed by atoms with Crippen LogP contribution in [0.15, 0.2) is 24.3 Å². The van der Waals surface area contributed by atoms with Crippen molar-refractivity contribution in [3.05, 3.63) is 29.8 Å². The zero-order valence-electron chi connectivity index (χ0n) is 44.1. The van der Waals surface area contributed by atoms with Gasteiger partial charge < -0.3 is 50.8 Å². The number of hydrogen-bond donors (Lipinski definition) is 5. The molecule has 1 heterocycles. The van der Waals surface area contributed by atoms with E-state index in [1.807, 2.05) is 6.92 Å². The highest BCUT2D eigenvalue weighted by Crippen LogP contribution is 2.23. The van der Waals surface area contributed by atoms with E-state index in [2.05, 4.69) is 26.6 Å². The highest BCUT2D eigenvalue weighted by atomic mass is 16.5. The second-order valence-corrected chi connectivity index (χ2v) is 19.5. The number of carbonyl (C=O) groups excluding carboxylic acids is 10. The predicted octanol–water partition coefficient (Wildman–Crippen LogP) is 1.76. The molecule has 10 atom stereocenters. The molecule has 2 rings (SSSR count). The van der Waals surface area contributed by atoms with Crippen molar-refractivity contribution in [3.63, 3.8) is 0 Å². The first-order valence-corrected chi connectivity index (χ1v) is 24.2. The topological polar surface area (TPSA) is 259 Å². The van der Waals surface area contributed by atoms with Gasteiger partial charge in [-0.2, -0.15) is 0 Å². The molecule has 1 aliphatic rings. The fourth-order valence-electron chi connectivity index (χ4n) is 8.18. The van der Waals surface area contributed by atoms with Crippen LogP contribution in [0.4, 0.5) is 0 Å². The summed E-state index contributed by atoms with van der Waals surface area (Å²) in [4.78, 5) is 143. The van der Waals surface area contributed by atoms with E-state index in [-0.39, 0.29) is 12.8 Å². The molecule has 0 spiro atoms. The molecule has 5 N–H and O–H groups in total. The van der Waals surface area contributed by atoms with Crippen LogP contribution < -0.4 is 31.3 Å². The number of Topliss-reactive ketones (excluding diaryl/α,β-unsaturated/α-hetero) is 1. The Morgan fingerprint density at radius 2 is 1.20 bits per heavy atom. The highest BCUT2D eigenvalue weighted by Gasteiger charge is 2.43. The number of ketones is 1. The van der Waals surface area contributed by atoms with Crippen LogP contribution in [0.5, 0.6) is 5.75 Å². The van der Waals surface area contributed by atoms with E-state index in [9.17, 15) is 47.9 Å². The van der Waals surface area contributed by atoms with Crippen LogP contribution in [-0.4, -0.2) is 157 Å². The lowest BCUT2D eigenvalue weighted by molar-refractivity contribution is -0.163. The number of nitrogens with zero attached hydrogens (tertiary/aromatic N) is 3. The lowest BCUT2D eigenvalue weighted by Gasteiger charge is -2.37. The molecule has 1 aromatic carbocycles. The maximum atomic E-state index is 14.6. The summed E-state index contributed by atoms with van der Waals surface area (Å²) in [5.74, 6) is -8.89. The number of benzene rings is 1. The number of likely N-dealkylation sites (N-methyl/N-ethyl adjacent to an activating group) is 3. The Morgan fingerprint density at radius 1 is 0.671 bits per heavy atom. The summed E-state index contributed by atoms with van der Waals surface area (Å²) in [5, 5.41) is 13.2. The summed E-state index contributed by atoms with van der Waals surface area (Å²) in [6, 6.07) is 0.0462. The largest absolute Gasteiger partial charge is 0.497 e. The van der Waals surface area contributed by atoms with Crippen LogP contribution in [0, 0.1) is 29.1 Å². The van der Waals surface area contributed by atoms with Crippen LogP contribution in [0.1, 0.15) is 108 Å². The number of nitrogens with one attached hydrogen (secondary N) is 5. The van der Waals surface area contributed by atoms with Gasteiger partial charge in [0, 0.05) is 39.5 Å². The van der Waals surface area contributed by atoms with E-state index in [1.54, 1.807) is 65.8 Å². The Morgan fingerprint density at radius 3 is 1.70 bits per heavy atom. The van der Waals surface area contributed by atoms with Crippen LogP contribution in [0.2, 0.25) is 0 Å². The second-order valence-electron chi connectivity index (χ2n) is 19.5. The van der Waals surface area contributed by atoms with Crippen molar-refractivity contribution in [2.75, 3.05) is 41.3 Å². The smallest absolute Gasteiger partial charge is 0.311 e. The molecule has 392 valence electrons. The van der Waals surface area contributed by atoms with Crippen LogP contribution in [-0.2, 0) is 59.1 Å².